The summed E-state index contributed by atoms with van der Waals surface area (Å²) in [7, 11) is 0. The van der Waals surface area contributed by atoms with Crippen LogP contribution in [0.5, 0.6) is 0 Å². The third-order valence-electron chi connectivity index (χ3n) is 3.31. The number of nitrogens with one attached hydrogen (secondary N) is 1. The summed E-state index contributed by atoms with van der Waals surface area (Å²) in [4.78, 5) is 4.26. The number of hydrogen-bond acceptors (Lipinski definition) is 3. The van der Waals surface area contributed by atoms with E-state index in [1.807, 2.05) is 4.68 Å². The molecule has 0 radical (unpaired) electrons. The molecule has 1 N–H and O–H groups in total. The quantitative estimate of drug-likeness (QED) is 0.703. The second-order valence-electron chi connectivity index (χ2n) is 4.62. The summed E-state index contributed by atoms with van der Waals surface area (Å²) in [6.45, 7) is 9.02. The van der Waals surface area contributed by atoms with E-state index in [1.165, 1.54) is 0 Å². The fourth-order valence-corrected chi connectivity index (χ4v) is 2.58. The van der Waals surface area contributed by atoms with Gasteiger partial charge >= 0.3 is 0 Å². The highest BCUT2D eigenvalue weighted by molar-refractivity contribution is 6.21. The van der Waals surface area contributed by atoms with Crippen LogP contribution in [0, 0.1) is 5.92 Å². The van der Waals surface area contributed by atoms with Crippen molar-refractivity contribution in [2.75, 3.05) is 6.54 Å². The molecule has 0 amide bonds. The first-order chi connectivity index (χ1) is 8.72. The summed E-state index contributed by atoms with van der Waals surface area (Å²) in [6.07, 6.45) is 4.96. The minimum absolute atomic E-state index is 0.197. The van der Waals surface area contributed by atoms with E-state index in [0.29, 0.717) is 5.92 Å². The Kier molecular flexibility index (Phi) is 7.28. The van der Waals surface area contributed by atoms with Gasteiger partial charge in [0.2, 0.25) is 0 Å². The average Bonchev–Trinajstić information content (AvgIpc) is 2.79. The van der Waals surface area contributed by atoms with Crippen molar-refractivity contribution in [3.63, 3.8) is 0 Å². The lowest BCUT2D eigenvalue weighted by Gasteiger charge is -2.19. The first-order valence-corrected chi connectivity index (χ1v) is 7.37. The largest absolute Gasteiger partial charge is 0.308 e. The van der Waals surface area contributed by atoms with E-state index in [0.717, 1.165) is 44.7 Å². The number of aryl methyl sites for hydroxylation is 1. The van der Waals surface area contributed by atoms with Crippen LogP contribution in [0.15, 0.2) is 6.33 Å². The van der Waals surface area contributed by atoms with Crippen LogP contribution in [0.2, 0.25) is 0 Å². The molecule has 1 atom stereocenters. The van der Waals surface area contributed by atoms with Crippen LogP contribution in [0.4, 0.5) is 0 Å². The smallest absolute Gasteiger partial charge is 0.140 e. The highest BCUT2D eigenvalue weighted by Crippen LogP contribution is 2.17. The lowest BCUT2D eigenvalue weighted by Crippen LogP contribution is -2.29. The Morgan fingerprint density at radius 1 is 1.33 bits per heavy atom. The molecule has 1 heterocycles. The van der Waals surface area contributed by atoms with Crippen LogP contribution in [0.3, 0.4) is 0 Å². The molecule has 4 nitrogen and oxygen atoms in total. The van der Waals surface area contributed by atoms with Crippen molar-refractivity contribution in [3.05, 3.63) is 12.2 Å². The monoisotopic (exact) mass is 272 g/mol. The SMILES string of the molecule is CCCn1ncnc1CNCC(Cl)C(CC)CC. The highest BCUT2D eigenvalue weighted by atomic mass is 35.5. The van der Waals surface area contributed by atoms with Gasteiger partial charge < -0.3 is 5.32 Å². The van der Waals surface area contributed by atoms with Gasteiger partial charge in [-0.15, -0.1) is 11.6 Å². The number of alkyl halides is 1. The van der Waals surface area contributed by atoms with Crippen LogP contribution in [-0.2, 0) is 13.1 Å². The lowest BCUT2D eigenvalue weighted by molar-refractivity contribution is 0.440. The molecule has 1 unspecified atom stereocenters. The first-order valence-electron chi connectivity index (χ1n) is 6.94. The minimum atomic E-state index is 0.197. The van der Waals surface area contributed by atoms with Crippen molar-refractivity contribution in [1.82, 2.24) is 20.1 Å². The van der Waals surface area contributed by atoms with Crippen molar-refractivity contribution in [3.8, 4) is 0 Å². The fourth-order valence-electron chi connectivity index (χ4n) is 2.11. The maximum atomic E-state index is 6.38. The van der Waals surface area contributed by atoms with E-state index < -0.39 is 0 Å². The number of aromatic nitrogens is 3. The molecule has 5 heteroatoms. The molecule has 0 aliphatic heterocycles. The van der Waals surface area contributed by atoms with E-state index in [2.05, 4.69) is 36.2 Å². The van der Waals surface area contributed by atoms with E-state index in [-0.39, 0.29) is 5.38 Å². The van der Waals surface area contributed by atoms with Gasteiger partial charge in [-0.1, -0.05) is 33.6 Å². The maximum absolute atomic E-state index is 6.38. The van der Waals surface area contributed by atoms with Gasteiger partial charge in [-0.2, -0.15) is 5.10 Å². The van der Waals surface area contributed by atoms with E-state index in [4.69, 9.17) is 11.6 Å². The number of rotatable bonds is 9. The third kappa shape index (κ3) is 4.58. The Labute approximate surface area is 115 Å². The number of nitrogens with zero attached hydrogens (tertiary/aromatic N) is 3. The van der Waals surface area contributed by atoms with Crippen LogP contribution >= 0.6 is 11.6 Å². The zero-order valence-electron chi connectivity index (χ0n) is 11.7. The molecule has 0 spiro atoms. The van der Waals surface area contributed by atoms with Gasteiger partial charge in [-0.05, 0) is 12.3 Å². The Hall–Kier alpha value is -0.610. The first kappa shape index (κ1) is 15.4. The summed E-state index contributed by atoms with van der Waals surface area (Å²) >= 11 is 6.38. The Bertz CT molecular complexity index is 323. The Balaban J connectivity index is 2.34. The molecule has 0 fully saturated rings. The molecule has 1 rings (SSSR count). The average molecular weight is 273 g/mol. The Morgan fingerprint density at radius 2 is 2.06 bits per heavy atom. The molecule has 0 bridgehead atoms. The maximum Gasteiger partial charge on any atom is 0.140 e. The summed E-state index contributed by atoms with van der Waals surface area (Å²) in [5, 5.41) is 7.78. The van der Waals surface area contributed by atoms with Gasteiger partial charge in [0.1, 0.15) is 12.2 Å². The normalized spacial score (nSPS) is 13.2. The summed E-state index contributed by atoms with van der Waals surface area (Å²) in [5.41, 5.74) is 0. The van der Waals surface area contributed by atoms with Crippen LogP contribution in [-0.4, -0.2) is 26.7 Å². The lowest BCUT2D eigenvalue weighted by atomic mass is 9.99. The number of halogens is 1. The Morgan fingerprint density at radius 3 is 2.67 bits per heavy atom. The van der Waals surface area contributed by atoms with Gasteiger partial charge in [0.05, 0.1) is 6.54 Å². The van der Waals surface area contributed by atoms with Gasteiger partial charge in [0.25, 0.3) is 0 Å². The van der Waals surface area contributed by atoms with Crippen molar-refractivity contribution in [1.29, 1.82) is 0 Å². The second kappa shape index (κ2) is 8.48. The van der Waals surface area contributed by atoms with Gasteiger partial charge in [-0.3, -0.25) is 0 Å². The molecule has 0 saturated carbocycles. The van der Waals surface area contributed by atoms with Crippen molar-refractivity contribution < 1.29 is 0 Å². The van der Waals surface area contributed by atoms with E-state index in [9.17, 15) is 0 Å². The van der Waals surface area contributed by atoms with Crippen LogP contribution < -0.4 is 5.32 Å². The highest BCUT2D eigenvalue weighted by Gasteiger charge is 2.15. The van der Waals surface area contributed by atoms with Crippen LogP contribution in [0.25, 0.3) is 0 Å². The molecular formula is C13H25ClN4. The topological polar surface area (TPSA) is 42.7 Å². The molecule has 0 saturated heterocycles. The van der Waals surface area contributed by atoms with Crippen molar-refractivity contribution in [2.45, 2.75) is 58.5 Å². The predicted octanol–water partition coefficient (Wildman–Crippen LogP) is 2.82. The second-order valence-corrected chi connectivity index (χ2v) is 5.18. The molecule has 18 heavy (non-hydrogen) atoms. The van der Waals surface area contributed by atoms with Gasteiger partial charge in [0, 0.05) is 18.5 Å². The molecule has 104 valence electrons. The van der Waals surface area contributed by atoms with Gasteiger partial charge in [-0.25, -0.2) is 9.67 Å². The number of hydrogen-bond donors (Lipinski definition) is 1. The fraction of sp³-hybridized carbons (Fsp3) is 0.846. The molecule has 0 aliphatic rings. The molecule has 0 aliphatic carbocycles. The molecule has 0 aromatic carbocycles. The van der Waals surface area contributed by atoms with Crippen molar-refractivity contribution >= 4 is 11.6 Å². The molecule has 1 aromatic heterocycles. The third-order valence-corrected chi connectivity index (χ3v) is 3.82. The zero-order chi connectivity index (χ0) is 13.4. The summed E-state index contributed by atoms with van der Waals surface area (Å²) in [5.74, 6) is 1.58. The molecular weight excluding hydrogens is 248 g/mol. The minimum Gasteiger partial charge on any atom is -0.308 e. The zero-order valence-corrected chi connectivity index (χ0v) is 12.5. The van der Waals surface area contributed by atoms with Crippen LogP contribution in [0.1, 0.15) is 45.9 Å². The van der Waals surface area contributed by atoms with Crippen molar-refractivity contribution in [2.24, 2.45) is 5.92 Å². The predicted molar refractivity (Wildman–Crippen MR) is 75.7 cm³/mol. The summed E-state index contributed by atoms with van der Waals surface area (Å²) < 4.78 is 1.95. The summed E-state index contributed by atoms with van der Waals surface area (Å²) in [6, 6.07) is 0. The van der Waals surface area contributed by atoms with Gasteiger partial charge in [0.15, 0.2) is 0 Å². The standard InChI is InChI=1S/C13H25ClN4/c1-4-7-18-13(16-10-17-18)9-15-8-12(14)11(5-2)6-3/h10-12,15H,4-9H2,1-3H3. The molecule has 1 aromatic rings. The van der Waals surface area contributed by atoms with E-state index in [1.54, 1.807) is 6.33 Å². The van der Waals surface area contributed by atoms with E-state index >= 15 is 0 Å².